The minimum atomic E-state index is -3.05. The zero-order valence-corrected chi connectivity index (χ0v) is 19.3. The number of hydrogen-bond donors (Lipinski definition) is 1. The van der Waals surface area contributed by atoms with Crippen molar-refractivity contribution >= 4 is 40.0 Å². The van der Waals surface area contributed by atoms with Crippen LogP contribution in [0.1, 0.15) is 30.7 Å². The van der Waals surface area contributed by atoms with Crippen molar-refractivity contribution in [1.29, 1.82) is 0 Å². The van der Waals surface area contributed by atoms with E-state index in [0.717, 1.165) is 44.9 Å². The first-order valence-corrected chi connectivity index (χ1v) is 11.3. The maximum atomic E-state index is 11.6. The Bertz CT molecular complexity index is 718. The van der Waals surface area contributed by atoms with Gasteiger partial charge in [-0.1, -0.05) is 30.3 Å². The fraction of sp³-hybridized carbons (Fsp3) is 0.632. The van der Waals surface area contributed by atoms with Crippen LogP contribution < -0.4 is 5.32 Å². The fourth-order valence-corrected chi connectivity index (χ4v) is 4.84. The molecule has 0 aromatic heterocycles. The number of sulfonamides is 1. The van der Waals surface area contributed by atoms with Crippen LogP contribution in [0.25, 0.3) is 0 Å². The van der Waals surface area contributed by atoms with E-state index in [9.17, 15) is 8.42 Å². The van der Waals surface area contributed by atoms with Crippen LogP contribution in [0.4, 0.5) is 0 Å². The Kier molecular flexibility index (Phi) is 8.36. The molecule has 6 nitrogen and oxygen atoms in total. The number of halogens is 1. The van der Waals surface area contributed by atoms with Crippen LogP contribution in [0.2, 0.25) is 0 Å². The quantitative estimate of drug-likeness (QED) is 0.387. The second kappa shape index (κ2) is 10.1. The zero-order chi connectivity index (χ0) is 18.6. The summed E-state index contributed by atoms with van der Waals surface area (Å²) in [5.41, 5.74) is 1.40. The molecule has 27 heavy (non-hydrogen) atoms. The lowest BCUT2D eigenvalue weighted by molar-refractivity contribution is 0.273. The molecule has 8 heteroatoms. The molecule has 0 aliphatic carbocycles. The van der Waals surface area contributed by atoms with E-state index in [1.807, 2.05) is 7.05 Å². The topological polar surface area (TPSA) is 65.0 Å². The third-order valence-corrected chi connectivity index (χ3v) is 6.87. The van der Waals surface area contributed by atoms with Gasteiger partial charge in [-0.25, -0.2) is 12.7 Å². The SMILES string of the molecule is CN=C(NCC1CCN(S(C)(=O)=O)CC1)N1CCC(c2ccccc2)C1.I. The third kappa shape index (κ3) is 6.05. The van der Waals surface area contributed by atoms with Crippen molar-refractivity contribution in [2.75, 3.05) is 46.0 Å². The van der Waals surface area contributed by atoms with Crippen LogP contribution in [-0.2, 0) is 10.0 Å². The van der Waals surface area contributed by atoms with Gasteiger partial charge in [-0.2, -0.15) is 0 Å². The lowest BCUT2D eigenvalue weighted by Crippen LogP contribution is -2.45. The molecule has 2 aliphatic rings. The Balaban J connectivity index is 0.00000261. The smallest absolute Gasteiger partial charge is 0.211 e. The van der Waals surface area contributed by atoms with Crippen molar-refractivity contribution in [2.24, 2.45) is 10.9 Å². The van der Waals surface area contributed by atoms with Crippen LogP contribution >= 0.6 is 24.0 Å². The summed E-state index contributed by atoms with van der Waals surface area (Å²) in [5, 5.41) is 3.51. The van der Waals surface area contributed by atoms with Gasteiger partial charge in [-0.3, -0.25) is 4.99 Å². The lowest BCUT2D eigenvalue weighted by atomic mass is 9.98. The van der Waals surface area contributed by atoms with E-state index in [0.29, 0.717) is 24.9 Å². The van der Waals surface area contributed by atoms with Gasteiger partial charge in [-0.05, 0) is 30.7 Å². The molecule has 0 spiro atoms. The first kappa shape index (κ1) is 22.4. The second-order valence-electron chi connectivity index (χ2n) is 7.38. The fourth-order valence-electron chi connectivity index (χ4n) is 3.96. The van der Waals surface area contributed by atoms with E-state index < -0.39 is 10.0 Å². The molecule has 1 N–H and O–H groups in total. The van der Waals surface area contributed by atoms with Crippen LogP contribution in [-0.4, -0.2) is 69.6 Å². The highest BCUT2D eigenvalue weighted by molar-refractivity contribution is 14.0. The third-order valence-electron chi connectivity index (χ3n) is 5.56. The molecule has 2 aliphatic heterocycles. The molecule has 1 atom stereocenters. The highest BCUT2D eigenvalue weighted by atomic mass is 127. The van der Waals surface area contributed by atoms with Gasteiger partial charge >= 0.3 is 0 Å². The summed E-state index contributed by atoms with van der Waals surface area (Å²) in [7, 11) is -1.21. The average Bonchev–Trinajstić information content (AvgIpc) is 3.13. The summed E-state index contributed by atoms with van der Waals surface area (Å²) in [5.74, 6) is 2.03. The molecular weight excluding hydrogens is 475 g/mol. The molecule has 0 radical (unpaired) electrons. The molecule has 0 saturated carbocycles. The van der Waals surface area contributed by atoms with Crippen molar-refractivity contribution in [3.8, 4) is 0 Å². The van der Waals surface area contributed by atoms with E-state index in [1.165, 1.54) is 11.8 Å². The molecular formula is C19H31IN4O2S. The Labute approximate surface area is 180 Å². The van der Waals surface area contributed by atoms with Gasteiger partial charge in [0.2, 0.25) is 10.0 Å². The van der Waals surface area contributed by atoms with E-state index in [1.54, 1.807) is 4.31 Å². The highest BCUT2D eigenvalue weighted by Crippen LogP contribution is 2.27. The summed E-state index contributed by atoms with van der Waals surface area (Å²) in [6, 6.07) is 10.7. The minimum Gasteiger partial charge on any atom is -0.356 e. The second-order valence-corrected chi connectivity index (χ2v) is 9.36. The van der Waals surface area contributed by atoms with E-state index in [4.69, 9.17) is 0 Å². The molecule has 152 valence electrons. The Morgan fingerprint density at radius 1 is 1.15 bits per heavy atom. The summed E-state index contributed by atoms with van der Waals surface area (Å²) < 4.78 is 24.8. The number of aliphatic imine (C=N–C) groups is 1. The van der Waals surface area contributed by atoms with Gasteiger partial charge in [0.15, 0.2) is 5.96 Å². The number of nitrogens with zero attached hydrogens (tertiary/aromatic N) is 3. The monoisotopic (exact) mass is 506 g/mol. The van der Waals surface area contributed by atoms with Crippen LogP contribution in [0.3, 0.4) is 0 Å². The molecule has 2 saturated heterocycles. The van der Waals surface area contributed by atoms with Gasteiger partial charge in [0.05, 0.1) is 6.26 Å². The predicted octanol–water partition coefficient (Wildman–Crippen LogP) is 2.34. The maximum absolute atomic E-state index is 11.6. The Hall–Kier alpha value is -0.870. The van der Waals surface area contributed by atoms with Crippen molar-refractivity contribution in [3.05, 3.63) is 35.9 Å². The molecule has 2 fully saturated rings. The number of nitrogens with one attached hydrogen (secondary N) is 1. The first-order valence-electron chi connectivity index (χ1n) is 9.43. The molecule has 3 rings (SSSR count). The van der Waals surface area contributed by atoms with Crippen LogP contribution in [0, 0.1) is 5.92 Å². The Morgan fingerprint density at radius 3 is 2.41 bits per heavy atom. The summed E-state index contributed by atoms with van der Waals surface area (Å²) in [6.45, 7) is 4.13. The van der Waals surface area contributed by atoms with Gasteiger partial charge in [0.25, 0.3) is 0 Å². The normalized spacial score (nSPS) is 22.5. The van der Waals surface area contributed by atoms with E-state index in [-0.39, 0.29) is 24.0 Å². The van der Waals surface area contributed by atoms with Gasteiger partial charge in [-0.15, -0.1) is 24.0 Å². The van der Waals surface area contributed by atoms with E-state index in [2.05, 4.69) is 45.5 Å². The number of guanidine groups is 1. The largest absolute Gasteiger partial charge is 0.356 e. The minimum absolute atomic E-state index is 0. The molecule has 1 aromatic rings. The molecule has 0 amide bonds. The molecule has 1 unspecified atom stereocenters. The predicted molar refractivity (Wildman–Crippen MR) is 121 cm³/mol. The number of piperidine rings is 1. The lowest BCUT2D eigenvalue weighted by Gasteiger charge is -2.31. The van der Waals surface area contributed by atoms with Gasteiger partial charge < -0.3 is 10.2 Å². The molecule has 2 heterocycles. The number of hydrogen-bond acceptors (Lipinski definition) is 3. The summed E-state index contributed by atoms with van der Waals surface area (Å²) in [4.78, 5) is 6.80. The van der Waals surface area contributed by atoms with Crippen LogP contribution in [0.15, 0.2) is 35.3 Å². The van der Waals surface area contributed by atoms with Gasteiger partial charge in [0, 0.05) is 45.7 Å². The number of likely N-dealkylation sites (tertiary alicyclic amines) is 1. The number of rotatable bonds is 4. The zero-order valence-electron chi connectivity index (χ0n) is 16.2. The Morgan fingerprint density at radius 2 is 1.81 bits per heavy atom. The first-order chi connectivity index (χ1) is 12.5. The van der Waals surface area contributed by atoms with Gasteiger partial charge in [0.1, 0.15) is 0 Å². The average molecular weight is 506 g/mol. The van der Waals surface area contributed by atoms with Crippen molar-refractivity contribution in [2.45, 2.75) is 25.2 Å². The summed E-state index contributed by atoms with van der Waals surface area (Å²) in [6.07, 6.45) is 4.26. The standard InChI is InChI=1S/C19H30N4O2S.HI/c1-20-19(21-14-16-8-12-23(13-9-16)26(2,24)25)22-11-10-18(15-22)17-6-4-3-5-7-17;/h3-7,16,18H,8-15H2,1-2H3,(H,20,21);1H. The maximum Gasteiger partial charge on any atom is 0.211 e. The van der Waals surface area contributed by atoms with Crippen molar-refractivity contribution < 1.29 is 8.42 Å². The number of benzene rings is 1. The van der Waals surface area contributed by atoms with Crippen LogP contribution in [0.5, 0.6) is 0 Å². The van der Waals surface area contributed by atoms with Crippen molar-refractivity contribution in [3.63, 3.8) is 0 Å². The molecule has 0 bridgehead atoms. The molecule has 1 aromatic carbocycles. The van der Waals surface area contributed by atoms with Crippen molar-refractivity contribution in [1.82, 2.24) is 14.5 Å². The highest BCUT2D eigenvalue weighted by Gasteiger charge is 2.28. The summed E-state index contributed by atoms with van der Waals surface area (Å²) >= 11 is 0. The van der Waals surface area contributed by atoms with E-state index >= 15 is 0 Å².